The fourth-order valence-electron chi connectivity index (χ4n) is 3.69. The minimum absolute atomic E-state index is 0.0307. The number of phenols is 1. The van der Waals surface area contributed by atoms with E-state index in [4.69, 9.17) is 0 Å². The van der Waals surface area contributed by atoms with E-state index in [1.165, 1.54) is 5.56 Å². The number of aromatic hydroxyl groups is 1. The lowest BCUT2D eigenvalue weighted by molar-refractivity contribution is 0.284. The van der Waals surface area contributed by atoms with Crippen LogP contribution in [0, 0.1) is 5.41 Å². The number of fused-ring (bicyclic) bond motifs is 1. The van der Waals surface area contributed by atoms with Crippen LogP contribution in [-0.4, -0.2) is 20.1 Å². The van der Waals surface area contributed by atoms with Gasteiger partial charge >= 0.3 is 0 Å². The average molecular weight is 337 g/mol. The van der Waals surface area contributed by atoms with E-state index in [-0.39, 0.29) is 16.6 Å². The molecule has 0 unspecified atom stereocenters. The van der Waals surface area contributed by atoms with Gasteiger partial charge in [-0.15, -0.1) is 0 Å². The lowest BCUT2D eigenvalue weighted by Crippen LogP contribution is -2.25. The first-order valence-electron chi connectivity index (χ1n) is 8.76. The smallest absolute Gasteiger partial charge is 0.120 e. The summed E-state index contributed by atoms with van der Waals surface area (Å²) in [4.78, 5) is 1.65. The highest BCUT2D eigenvalue weighted by atomic mass is 16.3. The first kappa shape index (κ1) is 17.5. The number of aromatic nitrogens is 3. The fourth-order valence-corrected chi connectivity index (χ4v) is 3.69. The zero-order chi connectivity index (χ0) is 18.2. The standard InChI is InChI=1S/C21H27N3O/c1-20(2,3)14-21(4,5)16-10-11-19(25)15(12-16)13-24-22-17-8-6-7-9-18(17)23-24/h6-12,25H,13-14H2,1-5H3. The summed E-state index contributed by atoms with van der Waals surface area (Å²) < 4.78 is 0. The van der Waals surface area contributed by atoms with Crippen LogP contribution in [-0.2, 0) is 12.0 Å². The maximum atomic E-state index is 10.3. The third kappa shape index (κ3) is 4.01. The van der Waals surface area contributed by atoms with E-state index in [0.717, 1.165) is 23.0 Å². The molecule has 0 fully saturated rings. The van der Waals surface area contributed by atoms with Gasteiger partial charge in [-0.2, -0.15) is 15.0 Å². The molecule has 0 aliphatic heterocycles. The fraction of sp³-hybridized carbons (Fsp3) is 0.429. The Morgan fingerprint density at radius 3 is 2.08 bits per heavy atom. The van der Waals surface area contributed by atoms with Crippen LogP contribution in [0.2, 0.25) is 0 Å². The lowest BCUT2D eigenvalue weighted by atomic mass is 9.72. The second kappa shape index (κ2) is 6.17. The van der Waals surface area contributed by atoms with E-state index in [1.54, 1.807) is 10.9 Å². The van der Waals surface area contributed by atoms with Crippen LogP contribution in [0.3, 0.4) is 0 Å². The van der Waals surface area contributed by atoms with Gasteiger partial charge in [0.05, 0.1) is 6.54 Å². The Bertz CT molecular complexity index is 855. The molecule has 4 heteroatoms. The van der Waals surface area contributed by atoms with Gasteiger partial charge in [0.25, 0.3) is 0 Å². The van der Waals surface area contributed by atoms with Gasteiger partial charge in [-0.1, -0.05) is 52.8 Å². The van der Waals surface area contributed by atoms with Crippen LogP contribution >= 0.6 is 0 Å². The number of benzene rings is 2. The molecule has 0 bridgehead atoms. The minimum Gasteiger partial charge on any atom is -0.508 e. The number of rotatable bonds is 4. The van der Waals surface area contributed by atoms with Gasteiger partial charge in [-0.3, -0.25) is 0 Å². The van der Waals surface area contributed by atoms with Crippen LogP contribution < -0.4 is 0 Å². The normalized spacial score (nSPS) is 12.7. The highest BCUT2D eigenvalue weighted by Crippen LogP contribution is 2.37. The van der Waals surface area contributed by atoms with Gasteiger partial charge in [0.15, 0.2) is 0 Å². The molecular weight excluding hydrogens is 310 g/mol. The molecule has 0 spiro atoms. The molecule has 0 saturated heterocycles. The predicted octanol–water partition coefficient (Wildman–Crippen LogP) is 4.90. The molecule has 0 aliphatic rings. The molecule has 1 aromatic heterocycles. The summed E-state index contributed by atoms with van der Waals surface area (Å²) in [5, 5.41) is 19.3. The Kier molecular flexibility index (Phi) is 4.31. The van der Waals surface area contributed by atoms with Gasteiger partial charge in [-0.25, -0.2) is 0 Å². The highest BCUT2D eigenvalue weighted by Gasteiger charge is 2.27. The van der Waals surface area contributed by atoms with Gasteiger partial charge in [-0.05, 0) is 47.1 Å². The third-order valence-corrected chi connectivity index (χ3v) is 4.47. The van der Waals surface area contributed by atoms with E-state index in [2.05, 4.69) is 50.9 Å². The number of nitrogens with zero attached hydrogens (tertiary/aromatic N) is 3. The molecule has 0 radical (unpaired) electrons. The summed E-state index contributed by atoms with van der Waals surface area (Å²) in [6.45, 7) is 11.8. The molecule has 4 nitrogen and oxygen atoms in total. The minimum atomic E-state index is 0.0307. The van der Waals surface area contributed by atoms with Crippen molar-refractivity contribution in [2.24, 2.45) is 5.41 Å². The van der Waals surface area contributed by atoms with E-state index >= 15 is 0 Å². The molecule has 1 N–H and O–H groups in total. The molecule has 3 rings (SSSR count). The summed E-state index contributed by atoms with van der Waals surface area (Å²) in [6, 6.07) is 13.7. The molecule has 132 valence electrons. The van der Waals surface area contributed by atoms with Crippen molar-refractivity contribution in [3.8, 4) is 5.75 Å². The molecule has 0 saturated carbocycles. The number of hydrogen-bond acceptors (Lipinski definition) is 3. The summed E-state index contributed by atoms with van der Waals surface area (Å²) in [6.07, 6.45) is 1.06. The largest absolute Gasteiger partial charge is 0.508 e. The number of hydrogen-bond donors (Lipinski definition) is 1. The van der Waals surface area contributed by atoms with Gasteiger partial charge in [0, 0.05) is 5.56 Å². The second-order valence-corrected chi connectivity index (χ2v) is 8.68. The van der Waals surface area contributed by atoms with Crippen molar-refractivity contribution in [2.75, 3.05) is 0 Å². The van der Waals surface area contributed by atoms with Crippen molar-refractivity contribution in [1.29, 1.82) is 0 Å². The van der Waals surface area contributed by atoms with Gasteiger partial charge in [0.1, 0.15) is 16.8 Å². The summed E-state index contributed by atoms with van der Waals surface area (Å²) in [5.41, 5.74) is 4.08. The van der Waals surface area contributed by atoms with Crippen LogP contribution in [0.5, 0.6) is 5.75 Å². The molecule has 0 atom stereocenters. The Morgan fingerprint density at radius 1 is 0.920 bits per heavy atom. The SMILES string of the molecule is CC(C)(C)CC(C)(C)c1ccc(O)c(Cn2nc3ccccc3n2)c1. The van der Waals surface area contributed by atoms with E-state index < -0.39 is 0 Å². The predicted molar refractivity (Wildman–Crippen MR) is 102 cm³/mol. The van der Waals surface area contributed by atoms with Crippen molar-refractivity contribution in [3.63, 3.8) is 0 Å². The number of phenolic OH excluding ortho intramolecular Hbond substituents is 1. The molecule has 0 aliphatic carbocycles. The van der Waals surface area contributed by atoms with E-state index in [1.807, 2.05) is 30.3 Å². The Hall–Kier alpha value is -2.36. The molecule has 1 heterocycles. The van der Waals surface area contributed by atoms with Crippen LogP contribution in [0.25, 0.3) is 11.0 Å². The molecular formula is C21H27N3O. The molecule has 3 aromatic rings. The zero-order valence-corrected chi connectivity index (χ0v) is 15.7. The Labute approximate surface area is 149 Å². The monoisotopic (exact) mass is 337 g/mol. The van der Waals surface area contributed by atoms with Gasteiger partial charge < -0.3 is 5.11 Å². The van der Waals surface area contributed by atoms with Crippen molar-refractivity contribution >= 4 is 11.0 Å². The Balaban J connectivity index is 1.91. The van der Waals surface area contributed by atoms with Crippen molar-refractivity contribution in [2.45, 2.75) is 53.0 Å². The van der Waals surface area contributed by atoms with Crippen molar-refractivity contribution in [3.05, 3.63) is 53.6 Å². The van der Waals surface area contributed by atoms with Crippen LogP contribution in [0.4, 0.5) is 0 Å². The lowest BCUT2D eigenvalue weighted by Gasteiger charge is -2.33. The second-order valence-electron chi connectivity index (χ2n) is 8.68. The average Bonchev–Trinajstić information content (AvgIpc) is 2.89. The molecule has 0 amide bonds. The highest BCUT2D eigenvalue weighted by molar-refractivity contribution is 5.73. The van der Waals surface area contributed by atoms with E-state index in [0.29, 0.717) is 6.54 Å². The third-order valence-electron chi connectivity index (χ3n) is 4.47. The summed E-state index contributed by atoms with van der Waals surface area (Å²) >= 11 is 0. The van der Waals surface area contributed by atoms with Crippen LogP contribution in [0.1, 0.15) is 52.2 Å². The molecule has 2 aromatic carbocycles. The topological polar surface area (TPSA) is 50.9 Å². The zero-order valence-electron chi connectivity index (χ0n) is 15.7. The summed E-state index contributed by atoms with van der Waals surface area (Å²) in [7, 11) is 0. The van der Waals surface area contributed by atoms with Crippen molar-refractivity contribution < 1.29 is 5.11 Å². The maximum Gasteiger partial charge on any atom is 0.120 e. The molecule has 25 heavy (non-hydrogen) atoms. The van der Waals surface area contributed by atoms with Crippen LogP contribution in [0.15, 0.2) is 42.5 Å². The first-order chi connectivity index (χ1) is 11.6. The van der Waals surface area contributed by atoms with Gasteiger partial charge in [0.2, 0.25) is 0 Å². The maximum absolute atomic E-state index is 10.3. The van der Waals surface area contributed by atoms with Crippen molar-refractivity contribution in [1.82, 2.24) is 15.0 Å². The quantitative estimate of drug-likeness (QED) is 0.737. The Morgan fingerprint density at radius 2 is 1.52 bits per heavy atom. The first-order valence-corrected chi connectivity index (χ1v) is 8.76. The van der Waals surface area contributed by atoms with E-state index in [9.17, 15) is 5.11 Å². The summed E-state index contributed by atoms with van der Waals surface area (Å²) in [5.74, 6) is 0.289.